The zero-order valence-corrected chi connectivity index (χ0v) is 16.2. The van der Waals surface area contributed by atoms with E-state index in [1.165, 1.54) is 18.2 Å². The SMILES string of the molecule is Cc1cc(-c2cnn(C(C)(C)CO)c2)c2c(c1)[C@@](O)(C(F)(F)F)c1ccccc1-2. The average Bonchev–Trinajstić information content (AvgIpc) is 3.25. The van der Waals surface area contributed by atoms with Crippen molar-refractivity contribution >= 4 is 0 Å². The highest BCUT2D eigenvalue weighted by atomic mass is 19.4. The molecule has 0 radical (unpaired) electrons. The van der Waals surface area contributed by atoms with Crippen LogP contribution in [0.25, 0.3) is 22.3 Å². The van der Waals surface area contributed by atoms with Crippen LogP contribution >= 0.6 is 0 Å². The Hall–Kier alpha value is -2.64. The Balaban J connectivity index is 2.03. The highest BCUT2D eigenvalue weighted by Gasteiger charge is 2.61. The molecule has 2 aromatic carbocycles. The number of aliphatic hydroxyl groups is 2. The second-order valence-corrected chi connectivity index (χ2v) is 8.13. The van der Waals surface area contributed by atoms with E-state index in [-0.39, 0.29) is 17.7 Å². The van der Waals surface area contributed by atoms with E-state index in [0.29, 0.717) is 27.8 Å². The van der Waals surface area contributed by atoms with Crippen LogP contribution in [-0.2, 0) is 11.1 Å². The Bertz CT molecular complexity index is 1100. The molecule has 29 heavy (non-hydrogen) atoms. The van der Waals surface area contributed by atoms with Gasteiger partial charge in [-0.3, -0.25) is 4.68 Å². The molecule has 152 valence electrons. The minimum absolute atomic E-state index is 0.142. The summed E-state index contributed by atoms with van der Waals surface area (Å²) in [4.78, 5) is 0. The fourth-order valence-corrected chi connectivity index (χ4v) is 3.92. The summed E-state index contributed by atoms with van der Waals surface area (Å²) in [5.74, 6) is 0. The van der Waals surface area contributed by atoms with Crippen LogP contribution in [0, 0.1) is 6.92 Å². The van der Waals surface area contributed by atoms with Gasteiger partial charge < -0.3 is 10.2 Å². The van der Waals surface area contributed by atoms with Gasteiger partial charge >= 0.3 is 6.18 Å². The van der Waals surface area contributed by atoms with Crippen LogP contribution < -0.4 is 0 Å². The lowest BCUT2D eigenvalue weighted by molar-refractivity contribution is -0.246. The number of fused-ring (bicyclic) bond motifs is 3. The number of aliphatic hydroxyl groups excluding tert-OH is 1. The first-order chi connectivity index (χ1) is 13.5. The van der Waals surface area contributed by atoms with Crippen molar-refractivity contribution in [2.24, 2.45) is 0 Å². The maximum atomic E-state index is 14.1. The van der Waals surface area contributed by atoms with Crippen molar-refractivity contribution in [3.05, 3.63) is 65.5 Å². The highest BCUT2D eigenvalue weighted by Crippen LogP contribution is 2.57. The standard InChI is InChI=1S/C22H21F3N2O2/c1-13-8-16(14-10-26-27(11-14)20(2,3)12-28)19-15-6-4-5-7-17(15)21(29,18(19)9-13)22(23,24)25/h4-11,28-29H,12H2,1-3H3/t21-/m1/s1. The van der Waals surface area contributed by atoms with Crippen molar-refractivity contribution in [3.63, 3.8) is 0 Å². The fraction of sp³-hybridized carbons (Fsp3) is 0.318. The number of hydrogen-bond donors (Lipinski definition) is 2. The van der Waals surface area contributed by atoms with Gasteiger partial charge in [-0.1, -0.05) is 42.0 Å². The molecule has 0 amide bonds. The van der Waals surface area contributed by atoms with Gasteiger partial charge in [-0.2, -0.15) is 18.3 Å². The molecule has 3 aromatic rings. The molecule has 7 heteroatoms. The summed E-state index contributed by atoms with van der Waals surface area (Å²) < 4.78 is 43.8. The van der Waals surface area contributed by atoms with Crippen molar-refractivity contribution < 1.29 is 23.4 Å². The van der Waals surface area contributed by atoms with Gasteiger partial charge in [0.25, 0.3) is 0 Å². The lowest BCUT2D eigenvalue weighted by atomic mass is 9.88. The summed E-state index contributed by atoms with van der Waals surface area (Å²) in [5, 5.41) is 24.8. The van der Waals surface area contributed by atoms with Crippen molar-refractivity contribution in [1.82, 2.24) is 9.78 Å². The first-order valence-corrected chi connectivity index (χ1v) is 9.21. The van der Waals surface area contributed by atoms with Crippen molar-refractivity contribution in [2.75, 3.05) is 6.61 Å². The van der Waals surface area contributed by atoms with Crippen molar-refractivity contribution in [3.8, 4) is 22.3 Å². The Morgan fingerprint density at radius 2 is 1.76 bits per heavy atom. The third-order valence-electron chi connectivity index (χ3n) is 5.57. The molecule has 1 aliphatic rings. The molecular weight excluding hydrogens is 381 g/mol. The van der Waals surface area contributed by atoms with E-state index in [2.05, 4.69) is 5.10 Å². The molecule has 4 nitrogen and oxygen atoms in total. The topological polar surface area (TPSA) is 58.3 Å². The van der Waals surface area contributed by atoms with E-state index in [0.717, 1.165) is 0 Å². The molecule has 1 aliphatic carbocycles. The number of benzene rings is 2. The van der Waals surface area contributed by atoms with Gasteiger partial charge in [0, 0.05) is 22.9 Å². The maximum absolute atomic E-state index is 14.1. The van der Waals surface area contributed by atoms with Crippen molar-refractivity contribution in [1.29, 1.82) is 0 Å². The number of nitrogens with zero attached hydrogens (tertiary/aromatic N) is 2. The van der Waals surface area contributed by atoms with E-state index in [4.69, 9.17) is 0 Å². The third-order valence-corrected chi connectivity index (χ3v) is 5.57. The van der Waals surface area contributed by atoms with Gasteiger partial charge in [0.2, 0.25) is 5.60 Å². The van der Waals surface area contributed by atoms with Gasteiger partial charge in [-0.25, -0.2) is 0 Å². The molecule has 0 bridgehead atoms. The number of aryl methyl sites for hydroxylation is 1. The molecule has 0 spiro atoms. The van der Waals surface area contributed by atoms with Gasteiger partial charge in [0.15, 0.2) is 0 Å². The summed E-state index contributed by atoms with van der Waals surface area (Å²) in [7, 11) is 0. The summed E-state index contributed by atoms with van der Waals surface area (Å²) >= 11 is 0. The first-order valence-electron chi connectivity index (χ1n) is 9.21. The van der Waals surface area contributed by atoms with Crippen LogP contribution in [0.3, 0.4) is 0 Å². The molecule has 1 atom stereocenters. The average molecular weight is 402 g/mol. The van der Waals surface area contributed by atoms with Gasteiger partial charge in [0.1, 0.15) is 0 Å². The Morgan fingerprint density at radius 1 is 1.07 bits per heavy atom. The summed E-state index contributed by atoms with van der Waals surface area (Å²) in [6.45, 7) is 5.17. The predicted molar refractivity (Wildman–Crippen MR) is 103 cm³/mol. The second-order valence-electron chi connectivity index (χ2n) is 8.13. The molecule has 1 aromatic heterocycles. The second kappa shape index (κ2) is 6.18. The Morgan fingerprint density at radius 3 is 2.41 bits per heavy atom. The van der Waals surface area contributed by atoms with E-state index < -0.39 is 17.3 Å². The number of aromatic nitrogens is 2. The van der Waals surface area contributed by atoms with Crippen molar-refractivity contribution in [2.45, 2.75) is 38.1 Å². The molecule has 0 saturated heterocycles. The fourth-order valence-electron chi connectivity index (χ4n) is 3.92. The summed E-state index contributed by atoms with van der Waals surface area (Å²) in [6, 6.07) is 9.26. The Kier molecular flexibility index (Phi) is 4.19. The largest absolute Gasteiger partial charge is 0.425 e. The lowest BCUT2D eigenvalue weighted by Gasteiger charge is -2.28. The van der Waals surface area contributed by atoms with E-state index in [1.807, 2.05) is 13.8 Å². The van der Waals surface area contributed by atoms with Crippen LogP contribution in [0.1, 0.15) is 30.5 Å². The van der Waals surface area contributed by atoms with Crippen LogP contribution in [0.2, 0.25) is 0 Å². The highest BCUT2D eigenvalue weighted by molar-refractivity contribution is 5.92. The monoisotopic (exact) mass is 402 g/mol. The van der Waals surface area contributed by atoms with Crippen LogP contribution in [0.15, 0.2) is 48.8 Å². The quantitative estimate of drug-likeness (QED) is 0.684. The molecular formula is C22H21F3N2O2. The van der Waals surface area contributed by atoms with E-state index >= 15 is 0 Å². The van der Waals surface area contributed by atoms with Gasteiger partial charge in [-0.05, 0) is 37.5 Å². The van der Waals surface area contributed by atoms with Crippen LogP contribution in [0.5, 0.6) is 0 Å². The van der Waals surface area contributed by atoms with Gasteiger partial charge in [-0.15, -0.1) is 0 Å². The number of alkyl halides is 3. The molecule has 2 N–H and O–H groups in total. The minimum Gasteiger partial charge on any atom is -0.394 e. The molecule has 0 unspecified atom stereocenters. The predicted octanol–water partition coefficient (Wildman–Crippen LogP) is 4.36. The minimum atomic E-state index is -4.87. The normalized spacial score (nSPS) is 18.6. The molecule has 4 rings (SSSR count). The van der Waals surface area contributed by atoms with Gasteiger partial charge in [0.05, 0.1) is 18.3 Å². The lowest BCUT2D eigenvalue weighted by Crippen LogP contribution is -2.41. The molecule has 0 saturated carbocycles. The van der Waals surface area contributed by atoms with E-state index in [9.17, 15) is 23.4 Å². The zero-order chi connectivity index (χ0) is 21.2. The first kappa shape index (κ1) is 19.7. The summed E-state index contributed by atoms with van der Waals surface area (Å²) in [6.07, 6.45) is -1.60. The molecule has 0 fully saturated rings. The number of hydrogen-bond acceptors (Lipinski definition) is 3. The van der Waals surface area contributed by atoms with Crippen LogP contribution in [0.4, 0.5) is 13.2 Å². The number of halogens is 3. The molecule has 0 aliphatic heterocycles. The third kappa shape index (κ3) is 2.72. The summed E-state index contributed by atoms with van der Waals surface area (Å²) in [5.41, 5.74) is -1.58. The smallest absolute Gasteiger partial charge is 0.394 e. The molecule has 1 heterocycles. The van der Waals surface area contributed by atoms with Crippen LogP contribution in [-0.4, -0.2) is 32.8 Å². The number of rotatable bonds is 3. The van der Waals surface area contributed by atoms with E-state index in [1.54, 1.807) is 42.2 Å². The zero-order valence-electron chi connectivity index (χ0n) is 16.2. The maximum Gasteiger partial charge on any atom is 0.425 e. The Labute approximate surface area is 166 Å².